The fourth-order valence-electron chi connectivity index (χ4n) is 0.452. The molecule has 0 bridgehead atoms. The Morgan fingerprint density at radius 2 is 2.09 bits per heavy atom. The van der Waals surface area contributed by atoms with Gasteiger partial charge in [-0.2, -0.15) is 0 Å². The van der Waals surface area contributed by atoms with Crippen molar-refractivity contribution in [1.29, 1.82) is 0 Å². The minimum atomic E-state index is -0.565. The van der Waals surface area contributed by atoms with Crippen LogP contribution in [0.1, 0.15) is 20.8 Å². The summed E-state index contributed by atoms with van der Waals surface area (Å²) in [5.74, 6) is 0. The number of nitrogens with one attached hydrogen (secondary N) is 1. The Morgan fingerprint density at radius 1 is 1.55 bits per heavy atom. The zero-order valence-electron chi connectivity index (χ0n) is 7.01. The van der Waals surface area contributed by atoms with Crippen LogP contribution in [0.15, 0.2) is 0 Å². The number of hydrogen-bond donors (Lipinski definition) is 1. The smallest absolute Gasteiger partial charge is 0.407 e. The third-order valence-corrected chi connectivity index (χ3v) is 0.760. The van der Waals surface area contributed by atoms with Gasteiger partial charge in [0.2, 0.25) is 0 Å². The first-order valence-electron chi connectivity index (χ1n) is 3.34. The highest BCUT2D eigenvalue weighted by molar-refractivity contribution is 5.70. The van der Waals surface area contributed by atoms with E-state index in [0.29, 0.717) is 6.29 Å². The van der Waals surface area contributed by atoms with Gasteiger partial charge in [-0.15, -0.1) is 0 Å². The second kappa shape index (κ2) is 3.95. The normalized spacial score (nSPS) is 10.5. The first-order valence-corrected chi connectivity index (χ1v) is 3.34. The third kappa shape index (κ3) is 6.83. The molecule has 0 saturated carbocycles. The number of rotatable bonds is 2. The van der Waals surface area contributed by atoms with Crippen LogP contribution in [0.25, 0.3) is 0 Å². The molecule has 0 aliphatic carbocycles. The standard InChI is InChI=1S/C7H13NO3/c1-7(2,3)8-6(10)11-5-4-9/h4H,5H2,1-3H3,(H,8,10). The molecule has 1 N–H and O–H groups in total. The molecule has 0 radical (unpaired) electrons. The fourth-order valence-corrected chi connectivity index (χ4v) is 0.452. The molecule has 0 aliphatic heterocycles. The number of alkyl carbamates (subject to hydrolysis) is 1. The van der Waals surface area contributed by atoms with Gasteiger partial charge in [-0.25, -0.2) is 4.79 Å². The summed E-state index contributed by atoms with van der Waals surface area (Å²) in [6.45, 7) is 5.29. The van der Waals surface area contributed by atoms with Crippen LogP contribution in [0.3, 0.4) is 0 Å². The molecule has 0 aromatic heterocycles. The predicted octanol–water partition coefficient (Wildman–Crippen LogP) is 0.710. The molecule has 4 heteroatoms. The molecule has 0 heterocycles. The number of carbonyl (C=O) groups excluding carboxylic acids is 2. The van der Waals surface area contributed by atoms with Crippen molar-refractivity contribution in [3.8, 4) is 0 Å². The van der Waals surface area contributed by atoms with Crippen molar-refractivity contribution in [3.63, 3.8) is 0 Å². The molecular weight excluding hydrogens is 146 g/mol. The van der Waals surface area contributed by atoms with Gasteiger partial charge in [0.05, 0.1) is 0 Å². The Labute approximate surface area is 65.9 Å². The van der Waals surface area contributed by atoms with E-state index in [0.717, 1.165) is 0 Å². The van der Waals surface area contributed by atoms with E-state index in [-0.39, 0.29) is 12.1 Å². The molecule has 0 aromatic carbocycles. The van der Waals surface area contributed by atoms with Crippen LogP contribution in [0.2, 0.25) is 0 Å². The van der Waals surface area contributed by atoms with Gasteiger partial charge < -0.3 is 10.1 Å². The van der Waals surface area contributed by atoms with Crippen LogP contribution in [0, 0.1) is 0 Å². The van der Waals surface area contributed by atoms with Crippen molar-refractivity contribution in [1.82, 2.24) is 5.32 Å². The molecule has 4 nitrogen and oxygen atoms in total. The molecule has 1 amide bonds. The fraction of sp³-hybridized carbons (Fsp3) is 0.714. The van der Waals surface area contributed by atoms with Gasteiger partial charge in [0.15, 0.2) is 6.29 Å². The molecule has 0 atom stereocenters. The van der Waals surface area contributed by atoms with Gasteiger partial charge in [-0.3, -0.25) is 4.79 Å². The lowest BCUT2D eigenvalue weighted by atomic mass is 10.1. The lowest BCUT2D eigenvalue weighted by Crippen LogP contribution is -2.41. The number of amides is 1. The third-order valence-electron chi connectivity index (χ3n) is 0.760. The highest BCUT2D eigenvalue weighted by atomic mass is 16.5. The minimum Gasteiger partial charge on any atom is -0.442 e. The highest BCUT2D eigenvalue weighted by Gasteiger charge is 2.13. The van der Waals surface area contributed by atoms with Crippen LogP contribution < -0.4 is 5.32 Å². The lowest BCUT2D eigenvalue weighted by Gasteiger charge is -2.19. The van der Waals surface area contributed by atoms with Crippen molar-refractivity contribution < 1.29 is 14.3 Å². The van der Waals surface area contributed by atoms with Crippen molar-refractivity contribution in [3.05, 3.63) is 0 Å². The molecular formula is C7H13NO3. The zero-order chi connectivity index (χ0) is 8.91. The molecule has 0 saturated heterocycles. The van der Waals surface area contributed by atoms with E-state index in [1.165, 1.54) is 0 Å². The maximum atomic E-state index is 10.7. The van der Waals surface area contributed by atoms with E-state index in [4.69, 9.17) is 0 Å². The van der Waals surface area contributed by atoms with E-state index in [1.807, 2.05) is 20.8 Å². The zero-order valence-corrected chi connectivity index (χ0v) is 7.01. The van der Waals surface area contributed by atoms with Gasteiger partial charge >= 0.3 is 6.09 Å². The maximum Gasteiger partial charge on any atom is 0.407 e. The maximum absolute atomic E-state index is 10.7. The van der Waals surface area contributed by atoms with Crippen LogP contribution in [0.4, 0.5) is 4.79 Å². The average Bonchev–Trinajstić information content (AvgIpc) is 1.79. The molecule has 64 valence electrons. The summed E-state index contributed by atoms with van der Waals surface area (Å²) in [6, 6.07) is 0. The van der Waals surface area contributed by atoms with Crippen molar-refractivity contribution in [2.24, 2.45) is 0 Å². The second-order valence-corrected chi connectivity index (χ2v) is 3.14. The van der Waals surface area contributed by atoms with E-state index < -0.39 is 6.09 Å². The van der Waals surface area contributed by atoms with Crippen molar-refractivity contribution >= 4 is 12.4 Å². The minimum absolute atomic E-state index is 0.193. The Balaban J connectivity index is 3.61. The van der Waals surface area contributed by atoms with Crippen LogP contribution in [-0.2, 0) is 9.53 Å². The quantitative estimate of drug-likeness (QED) is 0.604. The van der Waals surface area contributed by atoms with Crippen LogP contribution in [-0.4, -0.2) is 24.5 Å². The Morgan fingerprint density at radius 3 is 2.45 bits per heavy atom. The Bertz CT molecular complexity index is 148. The number of aldehydes is 1. The second-order valence-electron chi connectivity index (χ2n) is 3.14. The predicted molar refractivity (Wildman–Crippen MR) is 40.3 cm³/mol. The molecule has 0 unspecified atom stereocenters. The summed E-state index contributed by atoms with van der Waals surface area (Å²) in [6.07, 6.45) is -0.0352. The Hall–Kier alpha value is -1.06. The van der Waals surface area contributed by atoms with Crippen molar-refractivity contribution in [2.45, 2.75) is 26.3 Å². The summed E-state index contributed by atoms with van der Waals surface area (Å²) < 4.78 is 4.45. The van der Waals surface area contributed by atoms with Gasteiger partial charge in [0.25, 0.3) is 0 Å². The largest absolute Gasteiger partial charge is 0.442 e. The monoisotopic (exact) mass is 159 g/mol. The summed E-state index contributed by atoms with van der Waals surface area (Å²) in [5, 5.41) is 2.53. The van der Waals surface area contributed by atoms with Gasteiger partial charge in [-0.1, -0.05) is 0 Å². The molecule has 0 fully saturated rings. The van der Waals surface area contributed by atoms with Crippen molar-refractivity contribution in [2.75, 3.05) is 6.61 Å². The highest BCUT2D eigenvalue weighted by Crippen LogP contribution is 1.98. The molecule has 0 aromatic rings. The number of carbonyl (C=O) groups is 2. The van der Waals surface area contributed by atoms with E-state index in [1.54, 1.807) is 0 Å². The lowest BCUT2D eigenvalue weighted by molar-refractivity contribution is -0.110. The summed E-state index contributed by atoms with van der Waals surface area (Å²) >= 11 is 0. The molecule has 11 heavy (non-hydrogen) atoms. The van der Waals surface area contributed by atoms with Gasteiger partial charge in [0.1, 0.15) is 6.61 Å². The van der Waals surface area contributed by atoms with E-state index >= 15 is 0 Å². The Kier molecular flexibility index (Phi) is 3.57. The summed E-state index contributed by atoms with van der Waals surface area (Å²) in [4.78, 5) is 20.5. The molecule has 0 aliphatic rings. The first-order chi connectivity index (χ1) is 4.95. The van der Waals surface area contributed by atoms with Gasteiger partial charge in [0, 0.05) is 5.54 Å². The average molecular weight is 159 g/mol. The van der Waals surface area contributed by atoms with E-state index in [2.05, 4.69) is 10.1 Å². The van der Waals surface area contributed by atoms with Crippen LogP contribution in [0.5, 0.6) is 0 Å². The summed E-state index contributed by atoms with van der Waals surface area (Å²) in [7, 11) is 0. The van der Waals surface area contributed by atoms with Gasteiger partial charge in [-0.05, 0) is 20.8 Å². The molecule has 0 rings (SSSR count). The first kappa shape index (κ1) is 9.94. The molecule has 0 spiro atoms. The topological polar surface area (TPSA) is 55.4 Å². The van der Waals surface area contributed by atoms with E-state index in [9.17, 15) is 9.59 Å². The number of ether oxygens (including phenoxy) is 1. The number of hydrogen-bond acceptors (Lipinski definition) is 3. The SMILES string of the molecule is CC(C)(C)NC(=O)OCC=O. The summed E-state index contributed by atoms with van der Waals surface area (Å²) in [5.41, 5.74) is -0.319. The van der Waals surface area contributed by atoms with Crippen LogP contribution >= 0.6 is 0 Å².